The van der Waals surface area contributed by atoms with E-state index in [1.54, 1.807) is 17.0 Å². The maximum Gasteiger partial charge on any atom is 0.214 e. The molecule has 3 rings (SSSR count). The van der Waals surface area contributed by atoms with Crippen LogP contribution in [0.2, 0.25) is 0 Å². The van der Waals surface area contributed by atoms with Crippen molar-refractivity contribution in [2.75, 3.05) is 5.43 Å². The number of nitrogens with zero attached hydrogens (tertiary/aromatic N) is 3. The molecule has 7 heteroatoms. The van der Waals surface area contributed by atoms with E-state index < -0.39 is 11.6 Å². The highest BCUT2D eigenvalue weighted by Gasteiger charge is 2.18. The molecular weight excluding hydrogens is 258 g/mol. The summed E-state index contributed by atoms with van der Waals surface area (Å²) in [6.45, 7) is 1.79. The molecule has 0 saturated heterocycles. The maximum atomic E-state index is 13.7. The molecule has 0 aliphatic carbocycles. The standard InChI is InChI=1S/C11H8F2N4S/c1-6-14-15-11-17(6)16-10(5-18-11)8-3-2-7(12)4-9(8)13/h2-5,16H,1H3. The van der Waals surface area contributed by atoms with E-state index in [1.165, 1.54) is 23.9 Å². The van der Waals surface area contributed by atoms with Crippen LogP contribution >= 0.6 is 11.8 Å². The molecule has 2 heterocycles. The average molecular weight is 266 g/mol. The Balaban J connectivity index is 1.99. The molecule has 0 fully saturated rings. The van der Waals surface area contributed by atoms with Crippen LogP contribution in [-0.2, 0) is 0 Å². The topological polar surface area (TPSA) is 42.7 Å². The van der Waals surface area contributed by atoms with Crippen LogP contribution < -0.4 is 5.43 Å². The van der Waals surface area contributed by atoms with Crippen LogP contribution in [0.1, 0.15) is 11.4 Å². The highest BCUT2D eigenvalue weighted by atomic mass is 32.2. The zero-order valence-electron chi connectivity index (χ0n) is 9.32. The molecule has 0 radical (unpaired) electrons. The summed E-state index contributed by atoms with van der Waals surface area (Å²) in [4.78, 5) is 0. The summed E-state index contributed by atoms with van der Waals surface area (Å²) in [5.74, 6) is -0.532. The van der Waals surface area contributed by atoms with E-state index in [1.807, 2.05) is 0 Å². The van der Waals surface area contributed by atoms with E-state index >= 15 is 0 Å². The number of benzene rings is 1. The van der Waals surface area contributed by atoms with Crippen LogP contribution in [-0.4, -0.2) is 14.9 Å². The van der Waals surface area contributed by atoms with Crippen molar-refractivity contribution in [1.82, 2.24) is 14.9 Å². The van der Waals surface area contributed by atoms with Crippen LogP contribution in [0.3, 0.4) is 0 Å². The van der Waals surface area contributed by atoms with Crippen molar-refractivity contribution < 1.29 is 8.78 Å². The van der Waals surface area contributed by atoms with Gasteiger partial charge in [0.1, 0.15) is 17.5 Å². The second kappa shape index (κ2) is 4.09. The first kappa shape index (κ1) is 11.2. The minimum Gasteiger partial charge on any atom is -0.289 e. The molecular formula is C11H8F2N4S. The number of rotatable bonds is 1. The first-order valence-electron chi connectivity index (χ1n) is 5.16. The van der Waals surface area contributed by atoms with Gasteiger partial charge < -0.3 is 0 Å². The van der Waals surface area contributed by atoms with Crippen molar-refractivity contribution >= 4 is 17.5 Å². The molecule has 0 bridgehead atoms. The Morgan fingerprint density at radius 2 is 2.11 bits per heavy atom. The SMILES string of the molecule is Cc1nnc2n1NC(c1ccc(F)cc1F)=CS2. The summed E-state index contributed by atoms with van der Waals surface area (Å²) in [7, 11) is 0. The molecule has 18 heavy (non-hydrogen) atoms. The van der Waals surface area contributed by atoms with Crippen LogP contribution in [0.5, 0.6) is 0 Å². The van der Waals surface area contributed by atoms with Crippen LogP contribution in [0.25, 0.3) is 5.70 Å². The van der Waals surface area contributed by atoms with Crippen LogP contribution in [0.15, 0.2) is 28.8 Å². The Labute approximate surface area is 106 Å². The number of fused-ring (bicyclic) bond motifs is 1. The fourth-order valence-electron chi connectivity index (χ4n) is 1.64. The fraction of sp³-hybridized carbons (Fsp3) is 0.0909. The van der Waals surface area contributed by atoms with Gasteiger partial charge in [-0.1, -0.05) is 11.8 Å². The average Bonchev–Trinajstić information content (AvgIpc) is 2.71. The van der Waals surface area contributed by atoms with Gasteiger partial charge in [-0.15, -0.1) is 10.2 Å². The van der Waals surface area contributed by atoms with Gasteiger partial charge in [0.15, 0.2) is 0 Å². The van der Waals surface area contributed by atoms with E-state index in [0.717, 1.165) is 6.07 Å². The number of hydrogen-bond acceptors (Lipinski definition) is 4. The highest BCUT2D eigenvalue weighted by molar-refractivity contribution is 8.02. The minimum absolute atomic E-state index is 0.308. The first-order valence-corrected chi connectivity index (χ1v) is 6.04. The largest absolute Gasteiger partial charge is 0.289 e. The molecule has 0 saturated carbocycles. The van der Waals surface area contributed by atoms with Gasteiger partial charge >= 0.3 is 0 Å². The highest BCUT2D eigenvalue weighted by Crippen LogP contribution is 2.29. The van der Waals surface area contributed by atoms with Crippen LogP contribution in [0.4, 0.5) is 8.78 Å². The molecule has 0 atom stereocenters. The molecule has 1 aliphatic heterocycles. The lowest BCUT2D eigenvalue weighted by Gasteiger charge is -2.18. The second-order valence-corrected chi connectivity index (χ2v) is 4.59. The lowest BCUT2D eigenvalue weighted by Crippen LogP contribution is -2.19. The lowest BCUT2D eigenvalue weighted by atomic mass is 10.1. The Kier molecular flexibility index (Phi) is 2.55. The zero-order chi connectivity index (χ0) is 12.7. The quantitative estimate of drug-likeness (QED) is 0.861. The molecule has 92 valence electrons. The Morgan fingerprint density at radius 3 is 2.89 bits per heavy atom. The first-order chi connectivity index (χ1) is 8.65. The normalized spacial score (nSPS) is 13.8. The van der Waals surface area contributed by atoms with Crippen molar-refractivity contribution in [2.45, 2.75) is 12.1 Å². The van der Waals surface area contributed by atoms with E-state index in [-0.39, 0.29) is 0 Å². The van der Waals surface area contributed by atoms with Gasteiger partial charge in [0.05, 0.1) is 5.70 Å². The van der Waals surface area contributed by atoms with Crippen LogP contribution in [0, 0.1) is 18.6 Å². The summed E-state index contributed by atoms with van der Waals surface area (Å²) < 4.78 is 28.2. The Hall–Kier alpha value is -1.89. The third kappa shape index (κ3) is 1.76. The molecule has 0 spiro atoms. The smallest absolute Gasteiger partial charge is 0.214 e. The van der Waals surface area contributed by atoms with Gasteiger partial charge in [0.2, 0.25) is 5.16 Å². The summed E-state index contributed by atoms with van der Waals surface area (Å²) in [5.41, 5.74) is 3.85. The van der Waals surface area contributed by atoms with Gasteiger partial charge in [0, 0.05) is 17.0 Å². The summed E-state index contributed by atoms with van der Waals surface area (Å²) in [6.07, 6.45) is 0. The predicted molar refractivity (Wildman–Crippen MR) is 64.3 cm³/mol. The third-order valence-electron chi connectivity index (χ3n) is 2.53. The molecule has 1 N–H and O–H groups in total. The van der Waals surface area contributed by atoms with Crippen molar-refractivity contribution in [3.05, 3.63) is 46.6 Å². The number of hydrogen-bond donors (Lipinski definition) is 1. The van der Waals surface area contributed by atoms with Crippen molar-refractivity contribution in [3.8, 4) is 0 Å². The van der Waals surface area contributed by atoms with E-state index in [4.69, 9.17) is 0 Å². The van der Waals surface area contributed by atoms with Gasteiger partial charge in [0.25, 0.3) is 0 Å². The number of thioether (sulfide) groups is 1. The van der Waals surface area contributed by atoms with Crippen molar-refractivity contribution in [1.29, 1.82) is 0 Å². The minimum atomic E-state index is -0.608. The third-order valence-corrected chi connectivity index (χ3v) is 3.36. The molecule has 0 unspecified atom stereocenters. The number of aryl methyl sites for hydroxylation is 1. The summed E-state index contributed by atoms with van der Waals surface area (Å²) >= 11 is 1.33. The summed E-state index contributed by atoms with van der Waals surface area (Å²) in [6, 6.07) is 3.48. The number of nitrogens with one attached hydrogen (secondary N) is 1. The second-order valence-electron chi connectivity index (χ2n) is 3.75. The number of aromatic nitrogens is 3. The molecule has 4 nitrogen and oxygen atoms in total. The van der Waals surface area contributed by atoms with Gasteiger partial charge in [-0.25, -0.2) is 13.5 Å². The molecule has 0 amide bonds. The predicted octanol–water partition coefficient (Wildman–Crippen LogP) is 2.51. The zero-order valence-corrected chi connectivity index (χ0v) is 10.1. The fourth-order valence-corrected chi connectivity index (χ4v) is 2.41. The molecule has 1 aliphatic rings. The van der Waals surface area contributed by atoms with E-state index in [9.17, 15) is 8.78 Å². The molecule has 1 aromatic heterocycles. The maximum absolute atomic E-state index is 13.7. The van der Waals surface area contributed by atoms with Crippen molar-refractivity contribution in [3.63, 3.8) is 0 Å². The van der Waals surface area contributed by atoms with E-state index in [2.05, 4.69) is 15.6 Å². The molecule has 2 aromatic rings. The number of halogens is 2. The lowest BCUT2D eigenvalue weighted by molar-refractivity contribution is 0.580. The van der Waals surface area contributed by atoms with Crippen molar-refractivity contribution in [2.24, 2.45) is 0 Å². The molecule has 1 aromatic carbocycles. The van der Waals surface area contributed by atoms with E-state index in [0.29, 0.717) is 22.2 Å². The Morgan fingerprint density at radius 1 is 1.28 bits per heavy atom. The van der Waals surface area contributed by atoms with Gasteiger partial charge in [-0.05, 0) is 19.1 Å². The monoisotopic (exact) mass is 266 g/mol. The van der Waals surface area contributed by atoms with Gasteiger partial charge in [-0.3, -0.25) is 5.43 Å². The Bertz CT molecular complexity index is 650. The summed E-state index contributed by atoms with van der Waals surface area (Å²) in [5, 5.41) is 10.2. The van der Waals surface area contributed by atoms with Gasteiger partial charge in [-0.2, -0.15) is 0 Å².